The number of aromatic nitrogens is 3. The Bertz CT molecular complexity index is 891. The van der Waals surface area contributed by atoms with E-state index in [1.54, 1.807) is 24.4 Å². The number of pyridine rings is 1. The van der Waals surface area contributed by atoms with E-state index in [-0.39, 0.29) is 11.6 Å². The Balaban J connectivity index is 1.74. The molecule has 2 aromatic heterocycles. The number of nitrogens with zero attached hydrogens (tertiary/aromatic N) is 3. The van der Waals surface area contributed by atoms with Crippen LogP contribution in [0.4, 0.5) is 20.5 Å². The normalized spacial score (nSPS) is 10.4. The second-order valence-corrected chi connectivity index (χ2v) is 5.29. The molecule has 0 amide bonds. The molecule has 0 radical (unpaired) electrons. The van der Waals surface area contributed by atoms with Crippen molar-refractivity contribution < 1.29 is 13.5 Å². The largest absolute Gasteiger partial charge is 0.436 e. The molecule has 8 heteroatoms. The maximum Gasteiger partial charge on any atom is 0.224 e. The van der Waals surface area contributed by atoms with Crippen LogP contribution in [0.2, 0.25) is 0 Å². The highest BCUT2D eigenvalue weighted by Crippen LogP contribution is 2.26. The van der Waals surface area contributed by atoms with E-state index in [9.17, 15) is 8.78 Å². The number of nitrogens with one attached hydrogen (secondary N) is 2. The first kappa shape index (κ1) is 17.5. The molecule has 0 unspecified atom stereocenters. The fourth-order valence-electron chi connectivity index (χ4n) is 2.21. The fraction of sp³-hybridized carbons (Fsp3) is 0.167. The topological polar surface area (TPSA) is 72.0 Å². The van der Waals surface area contributed by atoms with Crippen molar-refractivity contribution in [2.24, 2.45) is 0 Å². The summed E-state index contributed by atoms with van der Waals surface area (Å²) in [5.74, 6) is -0.205. The van der Waals surface area contributed by atoms with Gasteiger partial charge in [-0.1, -0.05) is 6.07 Å². The lowest BCUT2D eigenvalue weighted by Crippen LogP contribution is -2.07. The first-order valence-corrected chi connectivity index (χ1v) is 8.03. The Kier molecular flexibility index (Phi) is 5.52. The third-order valence-electron chi connectivity index (χ3n) is 3.40. The molecule has 26 heavy (non-hydrogen) atoms. The minimum Gasteiger partial charge on any atom is -0.436 e. The van der Waals surface area contributed by atoms with Gasteiger partial charge in [-0.2, -0.15) is 4.98 Å². The van der Waals surface area contributed by atoms with E-state index in [0.717, 1.165) is 18.7 Å². The summed E-state index contributed by atoms with van der Waals surface area (Å²) in [6.07, 6.45) is 3.17. The Morgan fingerprint density at radius 3 is 2.73 bits per heavy atom. The Labute approximate surface area is 149 Å². The van der Waals surface area contributed by atoms with Gasteiger partial charge in [-0.3, -0.25) is 0 Å². The van der Waals surface area contributed by atoms with Gasteiger partial charge in [-0.05, 0) is 31.2 Å². The average molecular weight is 357 g/mol. The zero-order valence-electron chi connectivity index (χ0n) is 14.0. The molecule has 0 saturated carbocycles. The maximum absolute atomic E-state index is 13.8. The highest BCUT2D eigenvalue weighted by molar-refractivity contribution is 5.41. The van der Waals surface area contributed by atoms with Gasteiger partial charge in [-0.25, -0.2) is 18.7 Å². The molecule has 6 nitrogen and oxygen atoms in total. The van der Waals surface area contributed by atoms with Crippen molar-refractivity contribution in [3.63, 3.8) is 0 Å². The molecule has 0 saturated heterocycles. The molecule has 0 atom stereocenters. The van der Waals surface area contributed by atoms with Crippen molar-refractivity contribution in [1.29, 1.82) is 0 Å². The Morgan fingerprint density at radius 2 is 1.92 bits per heavy atom. The first-order chi connectivity index (χ1) is 12.7. The molecule has 3 rings (SSSR count). The van der Waals surface area contributed by atoms with Gasteiger partial charge in [0.15, 0.2) is 11.6 Å². The summed E-state index contributed by atoms with van der Waals surface area (Å²) in [5.41, 5.74) is 0.675. The van der Waals surface area contributed by atoms with Gasteiger partial charge in [0.25, 0.3) is 0 Å². The minimum absolute atomic E-state index is 0.100. The van der Waals surface area contributed by atoms with E-state index in [1.807, 2.05) is 6.92 Å². The molecular formula is C18H17F2N5O. The van der Waals surface area contributed by atoms with Crippen LogP contribution in [0.5, 0.6) is 11.6 Å². The van der Waals surface area contributed by atoms with Crippen molar-refractivity contribution in [1.82, 2.24) is 15.0 Å². The monoisotopic (exact) mass is 357 g/mol. The lowest BCUT2D eigenvalue weighted by molar-refractivity contribution is 0.419. The number of halogens is 2. The number of hydrogen-bond acceptors (Lipinski definition) is 6. The zero-order chi connectivity index (χ0) is 18.4. The molecule has 2 heterocycles. The molecule has 2 N–H and O–H groups in total. The SMILES string of the molecule is CCNc1ccnc(NCc2cccnc2Oc2ccc(F)cc2F)n1. The van der Waals surface area contributed by atoms with Crippen molar-refractivity contribution in [2.75, 3.05) is 17.2 Å². The summed E-state index contributed by atoms with van der Waals surface area (Å²) in [6, 6.07) is 8.39. The minimum atomic E-state index is -0.795. The molecule has 0 aliphatic rings. The van der Waals surface area contributed by atoms with Gasteiger partial charge in [0.05, 0.1) is 0 Å². The summed E-state index contributed by atoms with van der Waals surface area (Å²) in [6.45, 7) is 3.05. The summed E-state index contributed by atoms with van der Waals surface area (Å²) in [4.78, 5) is 12.6. The van der Waals surface area contributed by atoms with Crippen LogP contribution in [0.3, 0.4) is 0 Å². The van der Waals surface area contributed by atoms with Gasteiger partial charge in [0.1, 0.15) is 11.6 Å². The summed E-state index contributed by atoms with van der Waals surface area (Å²) >= 11 is 0. The molecule has 0 spiro atoms. The molecule has 0 aliphatic carbocycles. The van der Waals surface area contributed by atoms with Crippen LogP contribution in [0.1, 0.15) is 12.5 Å². The smallest absolute Gasteiger partial charge is 0.224 e. The van der Waals surface area contributed by atoms with E-state index in [1.165, 1.54) is 12.3 Å². The highest BCUT2D eigenvalue weighted by atomic mass is 19.1. The quantitative estimate of drug-likeness (QED) is 0.666. The second-order valence-electron chi connectivity index (χ2n) is 5.29. The van der Waals surface area contributed by atoms with Crippen LogP contribution >= 0.6 is 0 Å². The van der Waals surface area contributed by atoms with Crippen molar-refractivity contribution >= 4 is 11.8 Å². The van der Waals surface area contributed by atoms with E-state index >= 15 is 0 Å². The molecule has 134 valence electrons. The number of anilines is 2. The molecule has 3 aromatic rings. The Hall–Kier alpha value is -3.29. The van der Waals surface area contributed by atoms with Crippen LogP contribution in [0.25, 0.3) is 0 Å². The van der Waals surface area contributed by atoms with Crippen molar-refractivity contribution in [2.45, 2.75) is 13.5 Å². The predicted octanol–water partition coefficient (Wildman–Crippen LogP) is 3.99. The zero-order valence-corrected chi connectivity index (χ0v) is 14.0. The van der Waals surface area contributed by atoms with Crippen LogP contribution < -0.4 is 15.4 Å². The molecule has 0 bridgehead atoms. The van der Waals surface area contributed by atoms with Crippen molar-refractivity contribution in [3.05, 3.63) is 66.0 Å². The fourth-order valence-corrected chi connectivity index (χ4v) is 2.21. The molecule has 1 aromatic carbocycles. The summed E-state index contributed by atoms with van der Waals surface area (Å²) < 4.78 is 32.3. The van der Waals surface area contributed by atoms with Gasteiger partial charge >= 0.3 is 0 Å². The van der Waals surface area contributed by atoms with E-state index in [0.29, 0.717) is 23.9 Å². The maximum atomic E-state index is 13.8. The van der Waals surface area contributed by atoms with Crippen molar-refractivity contribution in [3.8, 4) is 11.6 Å². The molecule has 0 fully saturated rings. The Morgan fingerprint density at radius 1 is 1.04 bits per heavy atom. The average Bonchev–Trinajstić information content (AvgIpc) is 2.64. The number of rotatable bonds is 7. The third kappa shape index (κ3) is 4.41. The van der Waals surface area contributed by atoms with Gasteiger partial charge in [0.2, 0.25) is 11.8 Å². The molecule has 0 aliphatic heterocycles. The van der Waals surface area contributed by atoms with Crippen LogP contribution in [0.15, 0.2) is 48.8 Å². The standard InChI is InChI=1S/C18H17F2N5O/c1-2-21-16-7-9-23-18(25-16)24-11-12-4-3-8-22-17(12)26-15-6-5-13(19)10-14(15)20/h3-10H,2,11H2,1H3,(H2,21,23,24,25). The summed E-state index contributed by atoms with van der Waals surface area (Å²) in [7, 11) is 0. The summed E-state index contributed by atoms with van der Waals surface area (Å²) in [5, 5.41) is 6.17. The number of benzene rings is 1. The lowest BCUT2D eigenvalue weighted by atomic mass is 10.2. The number of ether oxygens (including phenoxy) is 1. The van der Waals surface area contributed by atoms with Gasteiger partial charge < -0.3 is 15.4 Å². The molecular weight excluding hydrogens is 340 g/mol. The van der Waals surface area contributed by atoms with Crippen LogP contribution in [0, 0.1) is 11.6 Å². The third-order valence-corrected chi connectivity index (χ3v) is 3.40. The second kappa shape index (κ2) is 8.19. The van der Waals surface area contributed by atoms with Gasteiger partial charge in [0, 0.05) is 37.1 Å². The van der Waals surface area contributed by atoms with E-state index in [4.69, 9.17) is 4.74 Å². The van der Waals surface area contributed by atoms with E-state index < -0.39 is 11.6 Å². The van der Waals surface area contributed by atoms with Crippen LogP contribution in [-0.2, 0) is 6.54 Å². The first-order valence-electron chi connectivity index (χ1n) is 8.03. The number of hydrogen-bond donors (Lipinski definition) is 2. The van der Waals surface area contributed by atoms with Gasteiger partial charge in [-0.15, -0.1) is 0 Å². The van der Waals surface area contributed by atoms with Crippen LogP contribution in [-0.4, -0.2) is 21.5 Å². The predicted molar refractivity (Wildman–Crippen MR) is 94.2 cm³/mol. The highest BCUT2D eigenvalue weighted by Gasteiger charge is 2.11. The lowest BCUT2D eigenvalue weighted by Gasteiger charge is -2.11. The van der Waals surface area contributed by atoms with E-state index in [2.05, 4.69) is 25.6 Å².